The van der Waals surface area contributed by atoms with Crippen molar-refractivity contribution >= 4 is 29.0 Å². The molecule has 2 amide bonds. The van der Waals surface area contributed by atoms with Crippen LogP contribution in [0, 0.1) is 0 Å². The highest BCUT2D eigenvalue weighted by Gasteiger charge is 2.23. The number of amides is 2. The van der Waals surface area contributed by atoms with E-state index >= 15 is 0 Å². The summed E-state index contributed by atoms with van der Waals surface area (Å²) in [6.45, 7) is 0. The Morgan fingerprint density at radius 3 is 2.84 bits per heavy atom. The molecule has 0 aromatic carbocycles. The number of carboxylic acid groups (broad SMARTS) is 1. The first-order chi connectivity index (χ1) is 9.06. The van der Waals surface area contributed by atoms with Gasteiger partial charge in [-0.15, -0.1) is 0 Å². The van der Waals surface area contributed by atoms with E-state index < -0.39 is 18.0 Å². The fourth-order valence-corrected chi connectivity index (χ4v) is 2.10. The number of thiophene rings is 1. The van der Waals surface area contributed by atoms with E-state index in [0.29, 0.717) is 11.3 Å². The number of hydrogen-bond acceptors (Lipinski definition) is 4. The third-order valence-electron chi connectivity index (χ3n) is 2.36. The van der Waals surface area contributed by atoms with Crippen molar-refractivity contribution in [1.29, 1.82) is 0 Å². The van der Waals surface area contributed by atoms with Crippen LogP contribution in [0.25, 0.3) is 0 Å². The number of aliphatic carboxylic acids is 1. The van der Waals surface area contributed by atoms with Crippen molar-refractivity contribution in [3.8, 4) is 0 Å². The van der Waals surface area contributed by atoms with Crippen LogP contribution in [0.3, 0.4) is 0 Å². The van der Waals surface area contributed by atoms with Crippen LogP contribution in [0.5, 0.6) is 0 Å². The molecule has 8 heteroatoms. The summed E-state index contributed by atoms with van der Waals surface area (Å²) < 4.78 is 1.48. The second-order valence-corrected chi connectivity index (χ2v) is 4.61. The number of hydrogen-bond donors (Lipinski definition) is 3. The molecule has 0 saturated heterocycles. The van der Waals surface area contributed by atoms with E-state index in [4.69, 9.17) is 5.11 Å². The minimum atomic E-state index is -1.14. The molecule has 0 spiro atoms. The van der Waals surface area contributed by atoms with Crippen molar-refractivity contribution in [3.05, 3.63) is 34.8 Å². The van der Waals surface area contributed by atoms with Gasteiger partial charge >= 0.3 is 12.0 Å². The Bertz CT molecular complexity index is 579. The van der Waals surface area contributed by atoms with Crippen LogP contribution in [0.4, 0.5) is 10.5 Å². The van der Waals surface area contributed by atoms with Crippen molar-refractivity contribution in [2.45, 2.75) is 6.04 Å². The number of carboxylic acids is 1. The van der Waals surface area contributed by atoms with Gasteiger partial charge in [-0.1, -0.05) is 0 Å². The Labute approximate surface area is 112 Å². The van der Waals surface area contributed by atoms with E-state index in [9.17, 15) is 9.59 Å². The minimum absolute atomic E-state index is 0.412. The Kier molecular flexibility index (Phi) is 3.81. The molecule has 0 aliphatic rings. The number of carbonyl (C=O) groups excluding carboxylic acids is 1. The Hall–Kier alpha value is -2.35. The van der Waals surface area contributed by atoms with E-state index in [1.807, 2.05) is 5.38 Å². The van der Waals surface area contributed by atoms with Crippen molar-refractivity contribution in [1.82, 2.24) is 15.1 Å². The molecule has 19 heavy (non-hydrogen) atoms. The molecule has 2 heterocycles. The largest absolute Gasteiger partial charge is 0.479 e. The highest BCUT2D eigenvalue weighted by Crippen LogP contribution is 2.14. The molecule has 3 N–H and O–H groups in total. The maximum Gasteiger partial charge on any atom is 0.331 e. The van der Waals surface area contributed by atoms with Gasteiger partial charge < -0.3 is 15.7 Å². The third-order valence-corrected chi connectivity index (χ3v) is 3.04. The summed E-state index contributed by atoms with van der Waals surface area (Å²) in [4.78, 5) is 22.9. The SMILES string of the molecule is Cn1cc(C(NC(=O)Nc2ccsc2)C(=O)O)cn1. The number of rotatable bonds is 4. The molecular weight excluding hydrogens is 268 g/mol. The zero-order valence-electron chi connectivity index (χ0n) is 10.0. The third kappa shape index (κ3) is 3.32. The molecule has 100 valence electrons. The van der Waals surface area contributed by atoms with Crippen LogP contribution >= 0.6 is 11.3 Å². The number of anilines is 1. The summed E-state index contributed by atoms with van der Waals surface area (Å²) in [6.07, 6.45) is 2.95. The van der Waals surface area contributed by atoms with Crippen molar-refractivity contribution in [2.24, 2.45) is 7.05 Å². The van der Waals surface area contributed by atoms with Gasteiger partial charge in [-0.3, -0.25) is 4.68 Å². The fraction of sp³-hybridized carbons (Fsp3) is 0.182. The Balaban J connectivity index is 2.05. The molecule has 1 unspecified atom stereocenters. The normalized spacial score (nSPS) is 11.8. The predicted molar refractivity (Wildman–Crippen MR) is 70.1 cm³/mol. The van der Waals surface area contributed by atoms with Crippen molar-refractivity contribution < 1.29 is 14.7 Å². The lowest BCUT2D eigenvalue weighted by atomic mass is 10.1. The summed E-state index contributed by atoms with van der Waals surface area (Å²) >= 11 is 1.43. The zero-order chi connectivity index (χ0) is 13.8. The topological polar surface area (TPSA) is 96.2 Å². The van der Waals surface area contributed by atoms with Crippen LogP contribution in [0.15, 0.2) is 29.2 Å². The average molecular weight is 280 g/mol. The van der Waals surface area contributed by atoms with Gasteiger partial charge in [0, 0.05) is 24.2 Å². The molecule has 1 atom stereocenters. The maximum atomic E-state index is 11.7. The van der Waals surface area contributed by atoms with Gasteiger partial charge in [0.05, 0.1) is 11.9 Å². The molecule has 0 aliphatic carbocycles. The molecule has 0 radical (unpaired) electrons. The highest BCUT2D eigenvalue weighted by atomic mass is 32.1. The molecule has 2 rings (SSSR count). The van der Waals surface area contributed by atoms with Crippen LogP contribution in [-0.2, 0) is 11.8 Å². The number of carbonyl (C=O) groups is 2. The lowest BCUT2D eigenvalue weighted by Crippen LogP contribution is -2.36. The monoisotopic (exact) mass is 280 g/mol. The summed E-state index contributed by atoms with van der Waals surface area (Å²) in [7, 11) is 1.67. The lowest BCUT2D eigenvalue weighted by Gasteiger charge is -2.13. The van der Waals surface area contributed by atoms with Crippen LogP contribution in [0.2, 0.25) is 0 Å². The molecule has 2 aromatic rings. The van der Waals surface area contributed by atoms with Gasteiger partial charge in [0.1, 0.15) is 0 Å². The number of aryl methyl sites for hydroxylation is 1. The molecule has 0 bridgehead atoms. The van der Waals surface area contributed by atoms with E-state index in [-0.39, 0.29) is 0 Å². The maximum absolute atomic E-state index is 11.7. The molecular formula is C11H12N4O3S. The first-order valence-corrected chi connectivity index (χ1v) is 6.31. The predicted octanol–water partition coefficient (Wildman–Crippen LogP) is 1.43. The second-order valence-electron chi connectivity index (χ2n) is 3.83. The average Bonchev–Trinajstić information content (AvgIpc) is 2.97. The number of urea groups is 1. The lowest BCUT2D eigenvalue weighted by molar-refractivity contribution is -0.139. The highest BCUT2D eigenvalue weighted by molar-refractivity contribution is 7.08. The van der Waals surface area contributed by atoms with Crippen LogP contribution in [0.1, 0.15) is 11.6 Å². The Morgan fingerprint density at radius 2 is 2.32 bits per heavy atom. The standard InChI is InChI=1S/C11H12N4O3S/c1-15-5-7(4-12-15)9(10(16)17)14-11(18)13-8-2-3-19-6-8/h2-6,9H,1H3,(H,16,17)(H2,13,14,18). The van der Waals surface area contributed by atoms with Crippen molar-refractivity contribution in [2.75, 3.05) is 5.32 Å². The van der Waals surface area contributed by atoms with Crippen LogP contribution < -0.4 is 10.6 Å². The van der Waals surface area contributed by atoms with E-state index in [1.54, 1.807) is 24.7 Å². The quantitative estimate of drug-likeness (QED) is 0.789. The summed E-state index contributed by atoms with van der Waals surface area (Å²) in [5, 5.41) is 21.5. The zero-order valence-corrected chi connectivity index (χ0v) is 10.8. The van der Waals surface area contributed by atoms with E-state index in [0.717, 1.165) is 0 Å². The van der Waals surface area contributed by atoms with Crippen molar-refractivity contribution in [3.63, 3.8) is 0 Å². The molecule has 2 aromatic heterocycles. The van der Waals surface area contributed by atoms with Gasteiger partial charge in [0.25, 0.3) is 0 Å². The van der Waals surface area contributed by atoms with Gasteiger partial charge in [0.2, 0.25) is 0 Å². The number of nitrogens with zero attached hydrogens (tertiary/aromatic N) is 2. The Morgan fingerprint density at radius 1 is 1.53 bits per heavy atom. The first-order valence-electron chi connectivity index (χ1n) is 5.37. The van der Waals surface area contributed by atoms with Gasteiger partial charge in [-0.2, -0.15) is 16.4 Å². The molecule has 0 fully saturated rings. The van der Waals surface area contributed by atoms with Crippen LogP contribution in [-0.4, -0.2) is 26.9 Å². The van der Waals surface area contributed by atoms with Gasteiger partial charge in [-0.25, -0.2) is 9.59 Å². The summed E-state index contributed by atoms with van der Waals surface area (Å²) in [6, 6.07) is 0.0198. The number of aromatic nitrogens is 2. The second kappa shape index (κ2) is 5.53. The molecule has 0 saturated carbocycles. The first kappa shape index (κ1) is 13.1. The summed E-state index contributed by atoms with van der Waals surface area (Å²) in [5.41, 5.74) is 1.04. The summed E-state index contributed by atoms with van der Waals surface area (Å²) in [5.74, 6) is -1.14. The molecule has 0 aliphatic heterocycles. The fourth-order valence-electron chi connectivity index (χ4n) is 1.51. The molecule has 7 nitrogen and oxygen atoms in total. The minimum Gasteiger partial charge on any atom is -0.479 e. The van der Waals surface area contributed by atoms with E-state index in [2.05, 4.69) is 15.7 Å². The van der Waals surface area contributed by atoms with Gasteiger partial charge in [0.15, 0.2) is 6.04 Å². The van der Waals surface area contributed by atoms with E-state index in [1.165, 1.54) is 22.2 Å². The number of nitrogens with one attached hydrogen (secondary N) is 2. The van der Waals surface area contributed by atoms with Gasteiger partial charge in [-0.05, 0) is 11.4 Å². The smallest absolute Gasteiger partial charge is 0.331 e.